The zero-order valence-electron chi connectivity index (χ0n) is 11.2. The molecule has 6 nitrogen and oxygen atoms in total. The van der Waals surface area contributed by atoms with E-state index in [-0.39, 0.29) is 5.56 Å². The number of aryl methyl sites for hydroxylation is 1. The quantitative estimate of drug-likeness (QED) is 0.685. The second-order valence-corrected chi connectivity index (χ2v) is 3.93. The van der Waals surface area contributed by atoms with Gasteiger partial charge in [-0.05, 0) is 13.3 Å². The van der Waals surface area contributed by atoms with Gasteiger partial charge in [-0.25, -0.2) is 4.79 Å². The Kier molecular flexibility index (Phi) is 6.84. The van der Waals surface area contributed by atoms with E-state index < -0.39 is 5.97 Å². The SMILES string of the molecule is COCCCOCCOc1cc(C)ncc1C(=O)O. The first-order valence-electron chi connectivity index (χ1n) is 6.04. The van der Waals surface area contributed by atoms with Crippen molar-refractivity contribution in [2.75, 3.05) is 33.5 Å². The van der Waals surface area contributed by atoms with Crippen LogP contribution >= 0.6 is 0 Å². The summed E-state index contributed by atoms with van der Waals surface area (Å²) in [5.74, 6) is -0.732. The average Bonchev–Trinajstić information content (AvgIpc) is 2.37. The third kappa shape index (κ3) is 5.67. The normalized spacial score (nSPS) is 10.4. The number of carboxylic acid groups (broad SMARTS) is 1. The van der Waals surface area contributed by atoms with Gasteiger partial charge in [-0.3, -0.25) is 4.98 Å². The molecule has 0 aliphatic carbocycles. The Hall–Kier alpha value is -1.66. The molecule has 1 aromatic rings. The Balaban J connectivity index is 2.36. The van der Waals surface area contributed by atoms with E-state index in [0.29, 0.717) is 37.9 Å². The highest BCUT2D eigenvalue weighted by Crippen LogP contribution is 2.18. The number of rotatable bonds is 9. The third-order valence-electron chi connectivity index (χ3n) is 2.36. The van der Waals surface area contributed by atoms with Gasteiger partial charge in [0.05, 0.1) is 6.61 Å². The van der Waals surface area contributed by atoms with Crippen molar-refractivity contribution in [2.45, 2.75) is 13.3 Å². The highest BCUT2D eigenvalue weighted by Gasteiger charge is 2.11. The minimum atomic E-state index is -1.05. The van der Waals surface area contributed by atoms with Gasteiger partial charge in [0.1, 0.15) is 17.9 Å². The summed E-state index contributed by atoms with van der Waals surface area (Å²) in [5.41, 5.74) is 0.769. The van der Waals surface area contributed by atoms with E-state index in [0.717, 1.165) is 6.42 Å². The first-order valence-corrected chi connectivity index (χ1v) is 6.04. The molecule has 106 valence electrons. The second-order valence-electron chi connectivity index (χ2n) is 3.93. The van der Waals surface area contributed by atoms with Crippen LogP contribution in [0.1, 0.15) is 22.5 Å². The molecule has 6 heteroatoms. The lowest BCUT2D eigenvalue weighted by molar-refractivity contribution is 0.0676. The number of aromatic carboxylic acids is 1. The minimum absolute atomic E-state index is 0.0602. The lowest BCUT2D eigenvalue weighted by Gasteiger charge is -2.10. The molecule has 0 unspecified atom stereocenters. The van der Waals surface area contributed by atoms with Crippen LogP contribution in [0.3, 0.4) is 0 Å². The van der Waals surface area contributed by atoms with Crippen molar-refractivity contribution in [3.63, 3.8) is 0 Å². The summed E-state index contributed by atoms with van der Waals surface area (Å²) in [4.78, 5) is 14.9. The van der Waals surface area contributed by atoms with Crippen LogP contribution in [-0.2, 0) is 9.47 Å². The van der Waals surface area contributed by atoms with E-state index >= 15 is 0 Å². The Labute approximate surface area is 112 Å². The van der Waals surface area contributed by atoms with Gasteiger partial charge in [-0.1, -0.05) is 0 Å². The van der Waals surface area contributed by atoms with Gasteiger partial charge in [0, 0.05) is 38.3 Å². The fraction of sp³-hybridized carbons (Fsp3) is 0.538. The van der Waals surface area contributed by atoms with Crippen molar-refractivity contribution in [2.24, 2.45) is 0 Å². The highest BCUT2D eigenvalue weighted by molar-refractivity contribution is 5.90. The van der Waals surface area contributed by atoms with Gasteiger partial charge >= 0.3 is 5.97 Å². The van der Waals surface area contributed by atoms with Crippen molar-refractivity contribution in [1.29, 1.82) is 0 Å². The van der Waals surface area contributed by atoms with E-state index in [1.54, 1.807) is 20.1 Å². The summed E-state index contributed by atoms with van der Waals surface area (Å²) in [6.45, 7) is 3.74. The molecule has 0 aliphatic rings. The van der Waals surface area contributed by atoms with Crippen LogP contribution in [0.15, 0.2) is 12.3 Å². The first kappa shape index (κ1) is 15.4. The van der Waals surface area contributed by atoms with Gasteiger partial charge in [-0.2, -0.15) is 0 Å². The number of hydrogen-bond donors (Lipinski definition) is 1. The smallest absolute Gasteiger partial charge is 0.341 e. The molecule has 0 saturated carbocycles. The molecule has 1 heterocycles. The summed E-state index contributed by atoms with van der Waals surface area (Å²) in [5, 5.41) is 8.99. The number of ether oxygens (including phenoxy) is 3. The van der Waals surface area contributed by atoms with E-state index in [2.05, 4.69) is 4.98 Å². The Morgan fingerprint density at radius 1 is 1.32 bits per heavy atom. The molecule has 0 fully saturated rings. The molecule has 1 N–H and O–H groups in total. The summed E-state index contributed by atoms with van der Waals surface area (Å²) >= 11 is 0. The van der Waals surface area contributed by atoms with E-state index in [1.165, 1.54) is 6.20 Å². The highest BCUT2D eigenvalue weighted by atomic mass is 16.5. The second kappa shape index (κ2) is 8.44. The zero-order valence-corrected chi connectivity index (χ0v) is 11.2. The first-order chi connectivity index (χ1) is 9.15. The van der Waals surface area contributed by atoms with Crippen LogP contribution in [0.5, 0.6) is 5.75 Å². The summed E-state index contributed by atoms with van der Waals surface area (Å²) in [6.07, 6.45) is 2.12. The van der Waals surface area contributed by atoms with Crippen LogP contribution < -0.4 is 4.74 Å². The van der Waals surface area contributed by atoms with Gasteiger partial charge in [0.15, 0.2) is 0 Å². The summed E-state index contributed by atoms with van der Waals surface area (Å²) < 4.78 is 15.6. The molecule has 19 heavy (non-hydrogen) atoms. The van der Waals surface area contributed by atoms with Crippen molar-refractivity contribution in [1.82, 2.24) is 4.98 Å². The fourth-order valence-corrected chi connectivity index (χ4v) is 1.43. The monoisotopic (exact) mass is 269 g/mol. The predicted octanol–water partition coefficient (Wildman–Crippen LogP) is 1.52. The molecule has 1 rings (SSSR count). The molecule has 0 bridgehead atoms. The van der Waals surface area contributed by atoms with E-state index in [9.17, 15) is 4.79 Å². The van der Waals surface area contributed by atoms with Crippen molar-refractivity contribution in [3.05, 3.63) is 23.5 Å². The van der Waals surface area contributed by atoms with E-state index in [1.807, 2.05) is 0 Å². The zero-order chi connectivity index (χ0) is 14.1. The van der Waals surface area contributed by atoms with Crippen LogP contribution in [0.2, 0.25) is 0 Å². The predicted molar refractivity (Wildman–Crippen MR) is 68.7 cm³/mol. The lowest BCUT2D eigenvalue weighted by atomic mass is 10.2. The molecule has 0 aliphatic heterocycles. The number of hydrogen-bond acceptors (Lipinski definition) is 5. The van der Waals surface area contributed by atoms with Crippen LogP contribution in [0, 0.1) is 6.92 Å². The molecule has 0 amide bonds. The van der Waals surface area contributed by atoms with Crippen molar-refractivity contribution >= 4 is 5.97 Å². The van der Waals surface area contributed by atoms with Gasteiger partial charge in [0.2, 0.25) is 0 Å². The van der Waals surface area contributed by atoms with Gasteiger partial charge < -0.3 is 19.3 Å². The third-order valence-corrected chi connectivity index (χ3v) is 2.36. The van der Waals surface area contributed by atoms with Crippen LogP contribution in [0.4, 0.5) is 0 Å². The van der Waals surface area contributed by atoms with Crippen LogP contribution in [-0.4, -0.2) is 49.6 Å². The number of carbonyl (C=O) groups is 1. The van der Waals surface area contributed by atoms with Gasteiger partial charge in [-0.15, -0.1) is 0 Å². The number of methoxy groups -OCH3 is 1. The van der Waals surface area contributed by atoms with Crippen LogP contribution in [0.25, 0.3) is 0 Å². The lowest BCUT2D eigenvalue weighted by Crippen LogP contribution is -2.11. The molecule has 1 aromatic heterocycles. The van der Waals surface area contributed by atoms with E-state index in [4.69, 9.17) is 19.3 Å². The average molecular weight is 269 g/mol. The Morgan fingerprint density at radius 2 is 2.11 bits per heavy atom. The maximum Gasteiger partial charge on any atom is 0.341 e. The molecular formula is C13H19NO5. The molecular weight excluding hydrogens is 250 g/mol. The number of nitrogens with zero attached hydrogens (tertiary/aromatic N) is 1. The number of pyridine rings is 1. The summed E-state index contributed by atoms with van der Waals surface area (Å²) in [7, 11) is 1.64. The molecule has 0 saturated heterocycles. The maximum absolute atomic E-state index is 11.0. The Bertz CT molecular complexity index is 408. The molecule has 0 atom stereocenters. The minimum Gasteiger partial charge on any atom is -0.490 e. The molecule has 0 radical (unpaired) electrons. The molecule has 0 aromatic carbocycles. The van der Waals surface area contributed by atoms with Crippen molar-refractivity contribution < 1.29 is 24.1 Å². The van der Waals surface area contributed by atoms with Crippen molar-refractivity contribution in [3.8, 4) is 5.75 Å². The molecule has 0 spiro atoms. The summed E-state index contributed by atoms with van der Waals surface area (Å²) in [6, 6.07) is 1.61. The number of carboxylic acids is 1. The number of aromatic nitrogens is 1. The van der Waals surface area contributed by atoms with Gasteiger partial charge in [0.25, 0.3) is 0 Å². The Morgan fingerprint density at radius 3 is 2.79 bits per heavy atom. The maximum atomic E-state index is 11.0. The fourth-order valence-electron chi connectivity index (χ4n) is 1.43. The largest absolute Gasteiger partial charge is 0.490 e. The standard InChI is InChI=1S/C13H19NO5/c1-10-8-12(11(9-14-10)13(15)16)19-7-6-18-5-3-4-17-2/h8-9H,3-7H2,1-2H3,(H,15,16). The topological polar surface area (TPSA) is 77.9 Å².